The summed E-state index contributed by atoms with van der Waals surface area (Å²) in [7, 11) is 0. The standard InChI is InChI=1S/C26H22BrClN4O4/c1-3-16(2)25-30-23-10-7-19(27)13-21(23)26(33)31(25)29-14-18-6-11-24(22(28)12-18)36-15-17-4-8-20(9-5-17)32(34)35/h4-14,16H,3,15H2,1-2H3/t16-/m0/s1. The van der Waals surface area contributed by atoms with Crippen molar-refractivity contribution < 1.29 is 9.66 Å². The van der Waals surface area contributed by atoms with Crippen molar-refractivity contribution in [2.45, 2.75) is 32.8 Å². The van der Waals surface area contributed by atoms with E-state index in [-0.39, 0.29) is 23.8 Å². The van der Waals surface area contributed by atoms with Crippen molar-refractivity contribution in [3.63, 3.8) is 0 Å². The predicted octanol–water partition coefficient (Wildman–Crippen LogP) is 6.70. The molecule has 36 heavy (non-hydrogen) atoms. The largest absolute Gasteiger partial charge is 0.487 e. The zero-order valence-electron chi connectivity index (χ0n) is 19.5. The van der Waals surface area contributed by atoms with E-state index in [1.807, 2.05) is 26.0 Å². The normalized spacial score (nSPS) is 12.2. The van der Waals surface area contributed by atoms with Crippen LogP contribution in [0, 0.1) is 10.1 Å². The lowest BCUT2D eigenvalue weighted by molar-refractivity contribution is -0.384. The Balaban J connectivity index is 1.58. The monoisotopic (exact) mass is 568 g/mol. The highest BCUT2D eigenvalue weighted by Crippen LogP contribution is 2.26. The highest BCUT2D eigenvalue weighted by molar-refractivity contribution is 9.10. The van der Waals surface area contributed by atoms with Crippen LogP contribution < -0.4 is 10.3 Å². The Morgan fingerprint density at radius 3 is 2.61 bits per heavy atom. The molecule has 0 fully saturated rings. The lowest BCUT2D eigenvalue weighted by Gasteiger charge is -2.14. The molecule has 184 valence electrons. The molecule has 4 rings (SSSR count). The van der Waals surface area contributed by atoms with Crippen LogP contribution in [0.3, 0.4) is 0 Å². The van der Waals surface area contributed by atoms with Gasteiger partial charge in [0, 0.05) is 22.5 Å². The van der Waals surface area contributed by atoms with Gasteiger partial charge in [-0.3, -0.25) is 14.9 Å². The third kappa shape index (κ3) is 5.63. The Hall–Kier alpha value is -3.56. The fraction of sp³-hybridized carbons (Fsp3) is 0.192. The van der Waals surface area contributed by atoms with Gasteiger partial charge >= 0.3 is 0 Å². The molecule has 1 heterocycles. The highest BCUT2D eigenvalue weighted by atomic mass is 79.9. The van der Waals surface area contributed by atoms with E-state index in [2.05, 4.69) is 21.0 Å². The average molecular weight is 570 g/mol. The highest BCUT2D eigenvalue weighted by Gasteiger charge is 2.15. The maximum Gasteiger partial charge on any atom is 0.282 e. The van der Waals surface area contributed by atoms with Crippen LogP contribution in [0.2, 0.25) is 5.02 Å². The molecule has 1 atom stereocenters. The summed E-state index contributed by atoms with van der Waals surface area (Å²) < 4.78 is 7.90. The number of ether oxygens (including phenoxy) is 1. The van der Waals surface area contributed by atoms with Crippen molar-refractivity contribution in [1.29, 1.82) is 0 Å². The molecule has 0 spiro atoms. The Kier molecular flexibility index (Phi) is 7.81. The molecule has 0 saturated carbocycles. The van der Waals surface area contributed by atoms with Crippen LogP contribution in [0.1, 0.15) is 43.1 Å². The van der Waals surface area contributed by atoms with Crippen LogP contribution in [0.5, 0.6) is 5.75 Å². The van der Waals surface area contributed by atoms with Gasteiger partial charge < -0.3 is 4.74 Å². The minimum atomic E-state index is -0.450. The van der Waals surface area contributed by atoms with Crippen molar-refractivity contribution >= 4 is 50.3 Å². The number of aromatic nitrogens is 2. The van der Waals surface area contributed by atoms with Crippen LogP contribution in [-0.2, 0) is 6.61 Å². The lowest BCUT2D eigenvalue weighted by Crippen LogP contribution is -2.23. The van der Waals surface area contributed by atoms with Gasteiger partial charge in [-0.2, -0.15) is 9.78 Å². The second-order valence-electron chi connectivity index (χ2n) is 8.20. The molecule has 0 aliphatic carbocycles. The van der Waals surface area contributed by atoms with E-state index in [4.69, 9.17) is 21.3 Å². The Morgan fingerprint density at radius 1 is 1.19 bits per heavy atom. The van der Waals surface area contributed by atoms with Crippen molar-refractivity contribution in [1.82, 2.24) is 9.66 Å². The number of nitrogens with zero attached hydrogens (tertiary/aromatic N) is 4. The number of non-ortho nitro benzene ring substituents is 1. The topological polar surface area (TPSA) is 99.6 Å². The molecule has 0 radical (unpaired) electrons. The molecule has 0 amide bonds. The number of fused-ring (bicyclic) bond motifs is 1. The van der Waals surface area contributed by atoms with Crippen molar-refractivity contribution in [3.8, 4) is 5.75 Å². The van der Waals surface area contributed by atoms with Gasteiger partial charge in [-0.05, 0) is 66.1 Å². The van der Waals surface area contributed by atoms with Crippen LogP contribution in [0.25, 0.3) is 10.9 Å². The van der Waals surface area contributed by atoms with E-state index < -0.39 is 4.92 Å². The molecule has 0 N–H and O–H groups in total. The van der Waals surface area contributed by atoms with E-state index >= 15 is 0 Å². The molecule has 1 aromatic heterocycles. The van der Waals surface area contributed by atoms with Crippen LogP contribution in [-0.4, -0.2) is 20.8 Å². The third-order valence-electron chi connectivity index (χ3n) is 5.71. The first-order valence-corrected chi connectivity index (χ1v) is 12.4. The zero-order valence-corrected chi connectivity index (χ0v) is 21.9. The van der Waals surface area contributed by atoms with Crippen molar-refractivity contribution in [3.05, 3.63) is 108 Å². The van der Waals surface area contributed by atoms with Gasteiger partial charge in [0.1, 0.15) is 18.2 Å². The van der Waals surface area contributed by atoms with Gasteiger partial charge in [-0.1, -0.05) is 41.4 Å². The minimum absolute atomic E-state index is 0.0188. The molecule has 0 saturated heterocycles. The van der Waals surface area contributed by atoms with E-state index in [1.165, 1.54) is 16.8 Å². The van der Waals surface area contributed by atoms with Gasteiger partial charge in [0.05, 0.1) is 27.1 Å². The first-order valence-electron chi connectivity index (χ1n) is 11.2. The van der Waals surface area contributed by atoms with Crippen LogP contribution in [0.15, 0.2) is 75.0 Å². The van der Waals surface area contributed by atoms with Crippen molar-refractivity contribution in [2.24, 2.45) is 5.10 Å². The summed E-state index contributed by atoms with van der Waals surface area (Å²) in [5, 5.41) is 16.1. The lowest BCUT2D eigenvalue weighted by atomic mass is 10.1. The van der Waals surface area contributed by atoms with Gasteiger partial charge in [0.2, 0.25) is 0 Å². The van der Waals surface area contributed by atoms with Crippen LogP contribution >= 0.6 is 27.5 Å². The molecule has 8 nitrogen and oxygen atoms in total. The third-order valence-corrected chi connectivity index (χ3v) is 6.49. The number of halogens is 2. The summed E-state index contributed by atoms with van der Waals surface area (Å²) in [4.78, 5) is 28.3. The first kappa shape index (κ1) is 25.5. The number of hydrogen-bond donors (Lipinski definition) is 0. The minimum Gasteiger partial charge on any atom is -0.487 e. The number of hydrogen-bond acceptors (Lipinski definition) is 6. The molecule has 4 aromatic rings. The fourth-order valence-corrected chi connectivity index (χ4v) is 4.10. The fourth-order valence-electron chi connectivity index (χ4n) is 3.49. The Labute approximate surface area is 220 Å². The number of rotatable bonds is 8. The SMILES string of the molecule is CC[C@H](C)c1nc2ccc(Br)cc2c(=O)n1N=Cc1ccc(OCc2ccc([N+](=O)[O-])cc2)c(Cl)c1. The molecular weight excluding hydrogens is 548 g/mol. The van der Waals surface area contributed by atoms with E-state index in [9.17, 15) is 14.9 Å². The second kappa shape index (κ2) is 11.0. The average Bonchev–Trinajstić information content (AvgIpc) is 2.87. The summed E-state index contributed by atoms with van der Waals surface area (Å²) in [6.45, 7) is 4.25. The van der Waals surface area contributed by atoms with E-state index in [1.54, 1.807) is 42.6 Å². The summed E-state index contributed by atoms with van der Waals surface area (Å²) >= 11 is 9.82. The number of benzene rings is 3. The molecule has 10 heteroatoms. The van der Waals surface area contributed by atoms with Crippen molar-refractivity contribution in [2.75, 3.05) is 0 Å². The molecule has 3 aromatic carbocycles. The summed E-state index contributed by atoms with van der Waals surface area (Å²) in [6, 6.07) is 16.7. The quantitative estimate of drug-likeness (QED) is 0.134. The first-order chi connectivity index (χ1) is 17.3. The second-order valence-corrected chi connectivity index (χ2v) is 9.53. The molecule has 0 bridgehead atoms. The summed E-state index contributed by atoms with van der Waals surface area (Å²) in [5.41, 5.74) is 1.85. The predicted molar refractivity (Wildman–Crippen MR) is 144 cm³/mol. The summed E-state index contributed by atoms with van der Waals surface area (Å²) in [5.74, 6) is 1.08. The zero-order chi connectivity index (χ0) is 25.8. The number of nitro benzene ring substituents is 1. The van der Waals surface area contributed by atoms with Gasteiger partial charge in [-0.25, -0.2) is 4.98 Å². The van der Waals surface area contributed by atoms with Gasteiger partial charge in [-0.15, -0.1) is 0 Å². The maximum absolute atomic E-state index is 13.2. The maximum atomic E-state index is 13.2. The smallest absolute Gasteiger partial charge is 0.282 e. The Morgan fingerprint density at radius 2 is 1.94 bits per heavy atom. The molecular formula is C26H22BrClN4O4. The van der Waals surface area contributed by atoms with E-state index in [0.717, 1.165) is 16.5 Å². The van der Waals surface area contributed by atoms with Gasteiger partial charge in [0.25, 0.3) is 11.2 Å². The van der Waals surface area contributed by atoms with Crippen LogP contribution in [0.4, 0.5) is 5.69 Å². The molecule has 0 unspecified atom stereocenters. The molecule has 0 aliphatic heterocycles. The summed E-state index contributed by atoms with van der Waals surface area (Å²) in [6.07, 6.45) is 2.36. The molecule has 0 aliphatic rings. The Bertz CT molecular complexity index is 1520. The van der Waals surface area contributed by atoms with Gasteiger partial charge in [0.15, 0.2) is 0 Å². The van der Waals surface area contributed by atoms with E-state index in [0.29, 0.717) is 33.1 Å². The number of nitro groups is 1.